The molecule has 1 aromatic heterocycles. The Labute approximate surface area is 171 Å². The van der Waals surface area contributed by atoms with Crippen molar-refractivity contribution in [1.29, 1.82) is 5.26 Å². The molecule has 29 heavy (non-hydrogen) atoms. The Hall–Kier alpha value is -3.64. The average Bonchev–Trinajstić information content (AvgIpc) is 3.21. The molecule has 0 saturated heterocycles. The van der Waals surface area contributed by atoms with Gasteiger partial charge < -0.3 is 4.57 Å². The lowest BCUT2D eigenvalue weighted by atomic mass is 9.97. The van der Waals surface area contributed by atoms with E-state index in [1.54, 1.807) is 0 Å². The first kappa shape index (κ1) is 18.7. The van der Waals surface area contributed by atoms with Crippen LogP contribution in [0.3, 0.4) is 0 Å². The fourth-order valence-corrected chi connectivity index (χ4v) is 3.64. The quantitative estimate of drug-likeness (QED) is 0.437. The van der Waals surface area contributed by atoms with Crippen LogP contribution in [0.5, 0.6) is 0 Å². The standard InChI is InChI=1S/C26H23N3/c1-2-23-5-3-4-6-26(23)24-13-11-22(12-14-24)18-29-19-28-17-25(29)15-20-7-9-21(16-27)10-8-20/h3-14,17,19H,2,15,18H2,1H3. The van der Waals surface area contributed by atoms with Crippen LogP contribution in [-0.4, -0.2) is 9.55 Å². The molecule has 0 unspecified atom stereocenters. The van der Waals surface area contributed by atoms with Crippen molar-refractivity contribution in [3.8, 4) is 17.2 Å². The summed E-state index contributed by atoms with van der Waals surface area (Å²) in [6.07, 6.45) is 5.64. The molecule has 4 aromatic rings. The van der Waals surface area contributed by atoms with Crippen LogP contribution in [0, 0.1) is 11.3 Å². The van der Waals surface area contributed by atoms with Gasteiger partial charge in [-0.15, -0.1) is 0 Å². The van der Waals surface area contributed by atoms with E-state index in [1.807, 2.05) is 36.8 Å². The summed E-state index contributed by atoms with van der Waals surface area (Å²) in [6, 6.07) is 27.3. The molecule has 3 aromatic carbocycles. The number of hydrogen-bond donors (Lipinski definition) is 0. The Balaban J connectivity index is 1.50. The summed E-state index contributed by atoms with van der Waals surface area (Å²) in [5, 5.41) is 8.95. The van der Waals surface area contributed by atoms with Gasteiger partial charge in [-0.3, -0.25) is 0 Å². The van der Waals surface area contributed by atoms with E-state index >= 15 is 0 Å². The van der Waals surface area contributed by atoms with E-state index in [2.05, 4.69) is 71.1 Å². The summed E-state index contributed by atoms with van der Waals surface area (Å²) >= 11 is 0. The van der Waals surface area contributed by atoms with Crippen LogP contribution in [0.2, 0.25) is 0 Å². The third kappa shape index (κ3) is 4.28. The molecule has 0 radical (unpaired) electrons. The predicted octanol–water partition coefficient (Wildman–Crippen LogP) is 5.62. The molecular weight excluding hydrogens is 354 g/mol. The summed E-state index contributed by atoms with van der Waals surface area (Å²) in [7, 11) is 0. The molecule has 4 rings (SSSR count). The first-order valence-corrected chi connectivity index (χ1v) is 9.92. The number of aryl methyl sites for hydroxylation is 1. The van der Waals surface area contributed by atoms with E-state index in [1.165, 1.54) is 27.8 Å². The van der Waals surface area contributed by atoms with Crippen molar-refractivity contribution in [3.05, 3.63) is 113 Å². The molecule has 0 fully saturated rings. The number of benzene rings is 3. The second kappa shape index (κ2) is 8.58. The third-order valence-corrected chi connectivity index (χ3v) is 5.28. The molecule has 1 heterocycles. The van der Waals surface area contributed by atoms with E-state index in [0.717, 1.165) is 25.1 Å². The Morgan fingerprint density at radius 3 is 2.34 bits per heavy atom. The van der Waals surface area contributed by atoms with Crippen molar-refractivity contribution in [2.45, 2.75) is 26.3 Å². The first-order valence-electron chi connectivity index (χ1n) is 9.92. The maximum Gasteiger partial charge on any atom is 0.0991 e. The minimum absolute atomic E-state index is 0.687. The van der Waals surface area contributed by atoms with Gasteiger partial charge in [-0.25, -0.2) is 4.98 Å². The minimum Gasteiger partial charge on any atom is -0.330 e. The van der Waals surface area contributed by atoms with Gasteiger partial charge in [-0.2, -0.15) is 5.26 Å². The van der Waals surface area contributed by atoms with Crippen LogP contribution >= 0.6 is 0 Å². The van der Waals surface area contributed by atoms with Crippen molar-refractivity contribution in [3.63, 3.8) is 0 Å². The normalized spacial score (nSPS) is 10.6. The van der Waals surface area contributed by atoms with Gasteiger partial charge in [0, 0.05) is 24.9 Å². The van der Waals surface area contributed by atoms with E-state index in [4.69, 9.17) is 5.26 Å². The lowest BCUT2D eigenvalue weighted by molar-refractivity contribution is 0.753. The Morgan fingerprint density at radius 1 is 0.897 bits per heavy atom. The molecule has 0 amide bonds. The second-order valence-corrected chi connectivity index (χ2v) is 7.21. The van der Waals surface area contributed by atoms with E-state index < -0.39 is 0 Å². The van der Waals surface area contributed by atoms with Gasteiger partial charge in [0.05, 0.1) is 18.0 Å². The van der Waals surface area contributed by atoms with Crippen molar-refractivity contribution in [2.24, 2.45) is 0 Å². The fraction of sp³-hybridized carbons (Fsp3) is 0.154. The Morgan fingerprint density at radius 2 is 1.62 bits per heavy atom. The second-order valence-electron chi connectivity index (χ2n) is 7.21. The molecule has 0 aliphatic rings. The van der Waals surface area contributed by atoms with Crippen LogP contribution in [0.15, 0.2) is 85.3 Å². The van der Waals surface area contributed by atoms with Crippen molar-refractivity contribution in [1.82, 2.24) is 9.55 Å². The third-order valence-electron chi connectivity index (χ3n) is 5.28. The van der Waals surface area contributed by atoms with Crippen molar-refractivity contribution >= 4 is 0 Å². The highest BCUT2D eigenvalue weighted by atomic mass is 15.0. The van der Waals surface area contributed by atoms with Crippen LogP contribution in [0.25, 0.3) is 11.1 Å². The lowest BCUT2D eigenvalue weighted by Crippen LogP contribution is -2.04. The molecule has 0 spiro atoms. The van der Waals surface area contributed by atoms with Gasteiger partial charge >= 0.3 is 0 Å². The maximum absolute atomic E-state index is 8.95. The molecule has 0 N–H and O–H groups in total. The Bertz CT molecular complexity index is 1130. The van der Waals surface area contributed by atoms with Crippen LogP contribution in [0.1, 0.15) is 34.9 Å². The predicted molar refractivity (Wildman–Crippen MR) is 117 cm³/mol. The van der Waals surface area contributed by atoms with Crippen molar-refractivity contribution in [2.75, 3.05) is 0 Å². The lowest BCUT2D eigenvalue weighted by Gasteiger charge is -2.11. The summed E-state index contributed by atoms with van der Waals surface area (Å²) in [6.45, 7) is 2.99. The number of aromatic nitrogens is 2. The van der Waals surface area contributed by atoms with Gasteiger partial charge in [0.2, 0.25) is 0 Å². The molecular formula is C26H23N3. The topological polar surface area (TPSA) is 41.6 Å². The Kier molecular flexibility index (Phi) is 5.54. The molecule has 3 heteroatoms. The molecule has 142 valence electrons. The van der Waals surface area contributed by atoms with Gasteiger partial charge in [-0.1, -0.05) is 67.6 Å². The largest absolute Gasteiger partial charge is 0.330 e. The number of nitrogens with zero attached hydrogens (tertiary/aromatic N) is 3. The van der Waals surface area contributed by atoms with Crippen LogP contribution < -0.4 is 0 Å². The fourth-order valence-electron chi connectivity index (χ4n) is 3.64. The zero-order valence-corrected chi connectivity index (χ0v) is 16.5. The number of imidazole rings is 1. The van der Waals surface area contributed by atoms with Gasteiger partial charge in [-0.05, 0) is 46.4 Å². The first-order chi connectivity index (χ1) is 14.3. The van der Waals surface area contributed by atoms with Crippen molar-refractivity contribution < 1.29 is 0 Å². The SMILES string of the molecule is CCc1ccccc1-c1ccc(Cn2cncc2Cc2ccc(C#N)cc2)cc1. The number of rotatable bonds is 6. The van der Waals surface area contributed by atoms with E-state index in [9.17, 15) is 0 Å². The maximum atomic E-state index is 8.95. The molecule has 0 atom stereocenters. The highest BCUT2D eigenvalue weighted by molar-refractivity contribution is 5.67. The van der Waals surface area contributed by atoms with Gasteiger partial charge in [0.25, 0.3) is 0 Å². The highest BCUT2D eigenvalue weighted by Crippen LogP contribution is 2.25. The van der Waals surface area contributed by atoms with Gasteiger partial charge in [0.15, 0.2) is 0 Å². The summed E-state index contributed by atoms with van der Waals surface area (Å²) in [5.74, 6) is 0. The summed E-state index contributed by atoms with van der Waals surface area (Å²) in [4.78, 5) is 4.35. The highest BCUT2D eigenvalue weighted by Gasteiger charge is 2.07. The monoisotopic (exact) mass is 377 g/mol. The molecule has 0 aliphatic carbocycles. The zero-order valence-electron chi connectivity index (χ0n) is 16.5. The smallest absolute Gasteiger partial charge is 0.0991 e. The molecule has 0 aliphatic heterocycles. The van der Waals surface area contributed by atoms with Crippen LogP contribution in [-0.2, 0) is 19.4 Å². The zero-order chi connectivity index (χ0) is 20.1. The van der Waals surface area contributed by atoms with E-state index in [0.29, 0.717) is 5.56 Å². The number of nitriles is 1. The molecule has 3 nitrogen and oxygen atoms in total. The van der Waals surface area contributed by atoms with Gasteiger partial charge in [0.1, 0.15) is 0 Å². The molecule has 0 saturated carbocycles. The summed E-state index contributed by atoms with van der Waals surface area (Å²) < 4.78 is 2.19. The minimum atomic E-state index is 0.687. The van der Waals surface area contributed by atoms with E-state index in [-0.39, 0.29) is 0 Å². The van der Waals surface area contributed by atoms with Crippen LogP contribution in [0.4, 0.5) is 0 Å². The summed E-state index contributed by atoms with van der Waals surface area (Å²) in [5.41, 5.74) is 8.22. The average molecular weight is 377 g/mol. The number of hydrogen-bond acceptors (Lipinski definition) is 2. The molecule has 0 bridgehead atoms.